The van der Waals surface area contributed by atoms with E-state index >= 15 is 0 Å². The molecule has 2 fully saturated rings. The molecule has 0 amide bonds. The predicted octanol–water partition coefficient (Wildman–Crippen LogP) is 0.584. The summed E-state index contributed by atoms with van der Waals surface area (Å²) in [5.41, 5.74) is 0. The van der Waals surface area contributed by atoms with Crippen LogP contribution in [-0.4, -0.2) is 48.3 Å². The molecule has 1 heterocycles. The van der Waals surface area contributed by atoms with Crippen LogP contribution >= 0.6 is 0 Å². The Bertz CT molecular complexity index is 186. The van der Waals surface area contributed by atoms with Gasteiger partial charge in [-0.15, -0.1) is 0 Å². The minimum Gasteiger partial charge on any atom is -0.392 e. The summed E-state index contributed by atoms with van der Waals surface area (Å²) in [6, 6.07) is 1.32. The van der Waals surface area contributed by atoms with Crippen molar-refractivity contribution in [2.45, 2.75) is 50.3 Å². The molecule has 0 radical (unpaired) electrons. The molecule has 1 saturated heterocycles. The second-order valence-corrected chi connectivity index (χ2v) is 4.68. The minimum absolute atomic E-state index is 0.0746. The van der Waals surface area contributed by atoms with Crippen LogP contribution in [0.2, 0.25) is 0 Å². The first-order chi connectivity index (χ1) is 6.81. The molecule has 2 rings (SSSR count). The van der Waals surface area contributed by atoms with Crippen molar-refractivity contribution in [2.75, 3.05) is 20.1 Å². The normalized spacial score (nSPS) is 40.3. The van der Waals surface area contributed by atoms with E-state index in [1.165, 1.54) is 25.7 Å². The van der Waals surface area contributed by atoms with E-state index in [0.29, 0.717) is 12.1 Å². The van der Waals surface area contributed by atoms with Crippen molar-refractivity contribution in [2.24, 2.45) is 0 Å². The van der Waals surface area contributed by atoms with Crippen LogP contribution in [0.1, 0.15) is 32.1 Å². The fourth-order valence-electron chi connectivity index (χ4n) is 2.95. The van der Waals surface area contributed by atoms with Crippen molar-refractivity contribution in [3.63, 3.8) is 0 Å². The van der Waals surface area contributed by atoms with Gasteiger partial charge in [-0.1, -0.05) is 12.8 Å². The Morgan fingerprint density at radius 2 is 2.00 bits per heavy atom. The maximum Gasteiger partial charge on any atom is 0.0679 e. The van der Waals surface area contributed by atoms with Crippen molar-refractivity contribution in [1.82, 2.24) is 10.2 Å². The van der Waals surface area contributed by atoms with Gasteiger partial charge in [0.25, 0.3) is 0 Å². The highest BCUT2D eigenvalue weighted by molar-refractivity contribution is 4.90. The van der Waals surface area contributed by atoms with E-state index in [4.69, 9.17) is 0 Å². The molecule has 3 nitrogen and oxygen atoms in total. The molecule has 0 spiro atoms. The van der Waals surface area contributed by atoms with E-state index < -0.39 is 0 Å². The Hall–Kier alpha value is -0.120. The number of likely N-dealkylation sites (N-methyl/N-ethyl adjacent to an activating group) is 1. The summed E-state index contributed by atoms with van der Waals surface area (Å²) in [6.07, 6.45) is 6.21. The summed E-state index contributed by atoms with van der Waals surface area (Å²) in [7, 11) is 2.06. The molecule has 0 aromatic heterocycles. The lowest BCUT2D eigenvalue weighted by Crippen LogP contribution is -2.50. The van der Waals surface area contributed by atoms with Gasteiger partial charge in [0.05, 0.1) is 6.10 Å². The molecule has 3 unspecified atom stereocenters. The summed E-state index contributed by atoms with van der Waals surface area (Å²) in [6.45, 7) is 1.98. The third kappa shape index (κ3) is 2.10. The number of aliphatic hydroxyl groups is 1. The molecule has 1 aliphatic carbocycles. The Morgan fingerprint density at radius 3 is 2.64 bits per heavy atom. The summed E-state index contributed by atoms with van der Waals surface area (Å²) < 4.78 is 0. The van der Waals surface area contributed by atoms with Gasteiger partial charge in [-0.05, 0) is 26.3 Å². The quantitative estimate of drug-likeness (QED) is 0.681. The third-order valence-electron chi connectivity index (χ3n) is 3.76. The van der Waals surface area contributed by atoms with Crippen LogP contribution in [-0.2, 0) is 0 Å². The maximum atomic E-state index is 9.53. The first-order valence-electron chi connectivity index (χ1n) is 5.90. The van der Waals surface area contributed by atoms with Crippen LogP contribution in [0, 0.1) is 0 Å². The average Bonchev–Trinajstić information content (AvgIpc) is 2.65. The first-order valence-corrected chi connectivity index (χ1v) is 5.90. The minimum atomic E-state index is -0.0746. The maximum absolute atomic E-state index is 9.53. The number of aliphatic hydroxyl groups excluding tert-OH is 1. The molecule has 2 aliphatic rings. The van der Waals surface area contributed by atoms with Crippen LogP contribution in [0.15, 0.2) is 0 Å². The van der Waals surface area contributed by atoms with Crippen molar-refractivity contribution < 1.29 is 5.11 Å². The highest BCUT2D eigenvalue weighted by Gasteiger charge is 2.32. The van der Waals surface area contributed by atoms with E-state index in [1.807, 2.05) is 0 Å². The molecule has 0 aromatic carbocycles. The number of hydrogen-bond donors (Lipinski definition) is 2. The van der Waals surface area contributed by atoms with Crippen molar-refractivity contribution in [1.29, 1.82) is 0 Å². The van der Waals surface area contributed by atoms with Gasteiger partial charge < -0.3 is 10.4 Å². The Kier molecular flexibility index (Phi) is 3.42. The van der Waals surface area contributed by atoms with E-state index in [-0.39, 0.29) is 6.10 Å². The van der Waals surface area contributed by atoms with Crippen LogP contribution in [0.5, 0.6) is 0 Å². The molecule has 0 bridgehead atoms. The van der Waals surface area contributed by atoms with Gasteiger partial charge in [0.2, 0.25) is 0 Å². The zero-order chi connectivity index (χ0) is 9.97. The van der Waals surface area contributed by atoms with Gasteiger partial charge in [-0.2, -0.15) is 0 Å². The number of nitrogens with zero attached hydrogens (tertiary/aromatic N) is 1. The molecular weight excluding hydrogens is 176 g/mol. The predicted molar refractivity (Wildman–Crippen MR) is 57.3 cm³/mol. The molecule has 3 atom stereocenters. The standard InChI is InChI=1S/C11H22N2O/c1-12-10-4-2-3-5-11(10)13-7-6-9(14)8-13/h9-12,14H,2-8H2,1H3. The molecule has 2 N–H and O–H groups in total. The van der Waals surface area contributed by atoms with Crippen molar-refractivity contribution >= 4 is 0 Å². The number of β-amino-alcohol motifs (C(OH)–C–C–N with tert-alkyl or cyclic N) is 1. The van der Waals surface area contributed by atoms with Crippen LogP contribution < -0.4 is 5.32 Å². The van der Waals surface area contributed by atoms with Gasteiger partial charge in [0, 0.05) is 25.2 Å². The van der Waals surface area contributed by atoms with E-state index in [1.54, 1.807) is 0 Å². The summed E-state index contributed by atoms with van der Waals surface area (Å²) >= 11 is 0. The topological polar surface area (TPSA) is 35.5 Å². The smallest absolute Gasteiger partial charge is 0.0679 e. The zero-order valence-corrected chi connectivity index (χ0v) is 9.08. The average molecular weight is 198 g/mol. The highest BCUT2D eigenvalue weighted by Crippen LogP contribution is 2.25. The highest BCUT2D eigenvalue weighted by atomic mass is 16.3. The second-order valence-electron chi connectivity index (χ2n) is 4.68. The first kappa shape index (κ1) is 10.4. The van der Waals surface area contributed by atoms with Crippen LogP contribution in [0.25, 0.3) is 0 Å². The Balaban J connectivity index is 1.93. The molecule has 3 heteroatoms. The number of likely N-dealkylation sites (tertiary alicyclic amines) is 1. The molecule has 14 heavy (non-hydrogen) atoms. The summed E-state index contributed by atoms with van der Waals surface area (Å²) in [5.74, 6) is 0. The van der Waals surface area contributed by atoms with Gasteiger partial charge in [-0.25, -0.2) is 0 Å². The van der Waals surface area contributed by atoms with E-state index in [0.717, 1.165) is 19.5 Å². The van der Waals surface area contributed by atoms with E-state index in [9.17, 15) is 5.11 Å². The number of hydrogen-bond acceptors (Lipinski definition) is 3. The fraction of sp³-hybridized carbons (Fsp3) is 1.00. The lowest BCUT2D eigenvalue weighted by molar-refractivity contribution is 0.122. The van der Waals surface area contributed by atoms with Gasteiger partial charge >= 0.3 is 0 Å². The second kappa shape index (κ2) is 4.60. The lowest BCUT2D eigenvalue weighted by Gasteiger charge is -2.37. The Morgan fingerprint density at radius 1 is 1.21 bits per heavy atom. The molecule has 82 valence electrons. The summed E-state index contributed by atoms with van der Waals surface area (Å²) in [5, 5.41) is 12.9. The SMILES string of the molecule is CNC1CCCCC1N1CCC(O)C1. The molecule has 0 aromatic rings. The Labute approximate surface area is 86.5 Å². The molecule has 1 aliphatic heterocycles. The van der Waals surface area contributed by atoms with E-state index in [2.05, 4.69) is 17.3 Å². The largest absolute Gasteiger partial charge is 0.392 e. The van der Waals surface area contributed by atoms with Crippen molar-refractivity contribution in [3.05, 3.63) is 0 Å². The summed E-state index contributed by atoms with van der Waals surface area (Å²) in [4.78, 5) is 2.48. The third-order valence-corrected chi connectivity index (χ3v) is 3.76. The number of nitrogens with one attached hydrogen (secondary N) is 1. The van der Waals surface area contributed by atoms with Crippen LogP contribution in [0.4, 0.5) is 0 Å². The van der Waals surface area contributed by atoms with Gasteiger partial charge in [0.1, 0.15) is 0 Å². The fourth-order valence-corrected chi connectivity index (χ4v) is 2.95. The van der Waals surface area contributed by atoms with Gasteiger partial charge in [0.15, 0.2) is 0 Å². The molecule has 1 saturated carbocycles. The van der Waals surface area contributed by atoms with Crippen LogP contribution in [0.3, 0.4) is 0 Å². The molecular formula is C11H22N2O. The number of rotatable bonds is 2. The van der Waals surface area contributed by atoms with Gasteiger partial charge in [-0.3, -0.25) is 4.90 Å². The van der Waals surface area contributed by atoms with Crippen molar-refractivity contribution in [3.8, 4) is 0 Å². The lowest BCUT2D eigenvalue weighted by atomic mass is 9.89. The zero-order valence-electron chi connectivity index (χ0n) is 9.08. The monoisotopic (exact) mass is 198 g/mol.